The number of carboxylic acid groups (broad SMARTS) is 1. The number of hydrogen-bond acceptors (Lipinski definition) is 4. The van der Waals surface area contributed by atoms with Crippen LogP contribution < -0.4 is 10.6 Å². The van der Waals surface area contributed by atoms with Crippen LogP contribution in [0.3, 0.4) is 0 Å². The van der Waals surface area contributed by atoms with Crippen LogP contribution in [0.4, 0.5) is 4.79 Å². The number of amides is 2. The van der Waals surface area contributed by atoms with Gasteiger partial charge in [0.2, 0.25) is 5.91 Å². The molecular weight excluding hydrogens is 432 g/mol. The fraction of sp³-hybridized carbons (Fsp3) is 0.444. The van der Waals surface area contributed by atoms with Crippen LogP contribution in [0.5, 0.6) is 0 Å². The first-order valence-electron chi connectivity index (χ1n) is 12.1. The molecule has 0 spiro atoms. The normalized spacial score (nSPS) is 22.2. The first-order chi connectivity index (χ1) is 16.5. The van der Waals surface area contributed by atoms with Gasteiger partial charge in [-0.3, -0.25) is 9.59 Å². The van der Waals surface area contributed by atoms with Gasteiger partial charge >= 0.3 is 12.1 Å². The van der Waals surface area contributed by atoms with Gasteiger partial charge in [-0.15, -0.1) is 0 Å². The molecule has 7 heteroatoms. The van der Waals surface area contributed by atoms with Gasteiger partial charge in [-0.2, -0.15) is 0 Å². The van der Waals surface area contributed by atoms with Gasteiger partial charge in [0.05, 0.1) is 5.92 Å². The molecule has 0 saturated heterocycles. The molecule has 7 nitrogen and oxygen atoms in total. The van der Waals surface area contributed by atoms with E-state index in [1.165, 1.54) is 0 Å². The molecule has 0 heterocycles. The van der Waals surface area contributed by atoms with Gasteiger partial charge in [0.15, 0.2) is 0 Å². The summed E-state index contributed by atoms with van der Waals surface area (Å²) in [5, 5.41) is 14.9. The maximum Gasteiger partial charge on any atom is 0.408 e. The number of carboxylic acids is 1. The largest absolute Gasteiger partial charge is 0.481 e. The van der Waals surface area contributed by atoms with E-state index in [1.54, 1.807) is 0 Å². The molecule has 178 valence electrons. The second-order valence-corrected chi connectivity index (χ2v) is 9.74. The highest BCUT2D eigenvalue weighted by atomic mass is 16.5. The van der Waals surface area contributed by atoms with E-state index in [1.807, 2.05) is 24.3 Å². The fourth-order valence-electron chi connectivity index (χ4n) is 5.56. The van der Waals surface area contributed by atoms with Crippen molar-refractivity contribution in [3.05, 3.63) is 59.7 Å². The molecule has 3 aliphatic rings. The molecule has 2 saturated carbocycles. The second-order valence-electron chi connectivity index (χ2n) is 9.74. The molecule has 2 fully saturated rings. The minimum atomic E-state index is -1.01. The molecule has 5 rings (SSSR count). The zero-order valence-corrected chi connectivity index (χ0v) is 19.1. The van der Waals surface area contributed by atoms with Crippen molar-refractivity contribution >= 4 is 18.0 Å². The van der Waals surface area contributed by atoms with Gasteiger partial charge in [-0.05, 0) is 47.4 Å². The van der Waals surface area contributed by atoms with Crippen LogP contribution in [0.15, 0.2) is 48.5 Å². The van der Waals surface area contributed by atoms with Gasteiger partial charge in [-0.25, -0.2) is 4.79 Å². The zero-order valence-electron chi connectivity index (χ0n) is 19.1. The molecule has 3 aliphatic carbocycles. The fourth-order valence-corrected chi connectivity index (χ4v) is 5.56. The Labute approximate surface area is 198 Å². The van der Waals surface area contributed by atoms with E-state index in [2.05, 4.69) is 34.9 Å². The van der Waals surface area contributed by atoms with E-state index >= 15 is 0 Å². The molecule has 2 atom stereocenters. The third-order valence-corrected chi connectivity index (χ3v) is 7.59. The van der Waals surface area contributed by atoms with Crippen LogP contribution in [0, 0.1) is 11.8 Å². The van der Waals surface area contributed by atoms with Crippen molar-refractivity contribution in [3.63, 3.8) is 0 Å². The number of fused-ring (bicyclic) bond motifs is 3. The van der Waals surface area contributed by atoms with Crippen molar-refractivity contribution in [2.75, 3.05) is 13.2 Å². The Bertz CT molecular complexity index is 1060. The summed E-state index contributed by atoms with van der Waals surface area (Å²) >= 11 is 0. The highest BCUT2D eigenvalue weighted by molar-refractivity contribution is 5.90. The van der Waals surface area contributed by atoms with E-state index in [-0.39, 0.29) is 30.3 Å². The lowest BCUT2D eigenvalue weighted by molar-refractivity contribution is -0.139. The smallest absolute Gasteiger partial charge is 0.408 e. The summed E-state index contributed by atoms with van der Waals surface area (Å²) in [7, 11) is 0. The van der Waals surface area contributed by atoms with Crippen LogP contribution in [0.2, 0.25) is 0 Å². The Morgan fingerprint density at radius 3 is 2.15 bits per heavy atom. The Balaban J connectivity index is 1.23. The number of benzene rings is 2. The number of ether oxygens (including phenoxy) is 1. The van der Waals surface area contributed by atoms with Gasteiger partial charge in [0.1, 0.15) is 12.1 Å². The summed E-state index contributed by atoms with van der Waals surface area (Å²) in [6.45, 7) is 0.518. The molecule has 2 aromatic rings. The first kappa shape index (κ1) is 22.4. The van der Waals surface area contributed by atoms with Crippen LogP contribution >= 0.6 is 0 Å². The number of nitrogens with one attached hydrogen (secondary N) is 2. The van der Waals surface area contributed by atoms with Crippen molar-refractivity contribution < 1.29 is 24.2 Å². The molecule has 2 aromatic carbocycles. The lowest BCUT2D eigenvalue weighted by atomic mass is 9.81. The first-order valence-corrected chi connectivity index (χ1v) is 12.1. The zero-order chi connectivity index (χ0) is 23.7. The number of carbonyl (C=O) groups excluding carboxylic acids is 2. The maximum atomic E-state index is 13.1. The van der Waals surface area contributed by atoms with Crippen LogP contribution in [0.25, 0.3) is 11.1 Å². The summed E-state index contributed by atoms with van der Waals surface area (Å²) < 4.78 is 5.70. The van der Waals surface area contributed by atoms with E-state index < -0.39 is 17.6 Å². The minimum Gasteiger partial charge on any atom is -0.481 e. The topological polar surface area (TPSA) is 105 Å². The predicted molar refractivity (Wildman–Crippen MR) is 126 cm³/mol. The number of carbonyl (C=O) groups is 3. The highest BCUT2D eigenvalue weighted by Crippen LogP contribution is 2.44. The molecule has 2 amide bonds. The van der Waals surface area contributed by atoms with Crippen molar-refractivity contribution in [1.82, 2.24) is 10.6 Å². The summed E-state index contributed by atoms with van der Waals surface area (Å²) in [6.07, 6.45) is 3.81. The van der Waals surface area contributed by atoms with Gasteiger partial charge in [-0.1, -0.05) is 67.8 Å². The SMILES string of the molecule is O=C(NC1(C(=O)NCC2CC2C(=O)O)CCCCC1)OCC1c2ccccc2-c2ccccc21. The Kier molecular flexibility index (Phi) is 6.02. The summed E-state index contributed by atoms with van der Waals surface area (Å²) in [5.41, 5.74) is 3.59. The predicted octanol–water partition coefficient (Wildman–Crippen LogP) is 4.06. The Morgan fingerprint density at radius 1 is 0.941 bits per heavy atom. The molecule has 0 bridgehead atoms. The molecule has 3 N–H and O–H groups in total. The van der Waals surface area contributed by atoms with Gasteiger partial charge in [0, 0.05) is 12.5 Å². The average Bonchev–Trinajstić information content (AvgIpc) is 3.57. The van der Waals surface area contributed by atoms with Crippen LogP contribution in [0.1, 0.15) is 55.6 Å². The number of aliphatic carboxylic acids is 1. The van der Waals surface area contributed by atoms with Crippen LogP contribution in [-0.2, 0) is 14.3 Å². The molecule has 2 unspecified atom stereocenters. The Morgan fingerprint density at radius 2 is 1.56 bits per heavy atom. The van der Waals surface area contributed by atoms with Gasteiger partial charge in [0.25, 0.3) is 0 Å². The van der Waals surface area contributed by atoms with Crippen LogP contribution in [-0.4, -0.2) is 41.8 Å². The van der Waals surface area contributed by atoms with Gasteiger partial charge < -0.3 is 20.5 Å². The monoisotopic (exact) mass is 462 g/mol. The third-order valence-electron chi connectivity index (χ3n) is 7.59. The van der Waals surface area contributed by atoms with E-state index in [0.717, 1.165) is 41.5 Å². The van der Waals surface area contributed by atoms with Crippen molar-refractivity contribution in [3.8, 4) is 11.1 Å². The summed E-state index contributed by atoms with van der Waals surface area (Å²) in [6, 6.07) is 16.3. The number of rotatable bonds is 7. The number of hydrogen-bond donors (Lipinski definition) is 3. The van der Waals surface area contributed by atoms with E-state index in [9.17, 15) is 14.4 Å². The standard InChI is InChI=1S/C27H30N2O5/c30-24(31)22-14-17(22)15-28-25(32)27(12-6-1-7-13-27)29-26(33)34-16-23-20-10-4-2-8-18(20)19-9-3-5-11-21(19)23/h2-5,8-11,17,22-23H,1,6-7,12-16H2,(H,28,32)(H,29,33)(H,30,31). The maximum absolute atomic E-state index is 13.1. The lowest BCUT2D eigenvalue weighted by Crippen LogP contribution is -2.60. The second kappa shape index (κ2) is 9.12. The summed E-state index contributed by atoms with van der Waals surface area (Å²) in [5.74, 6) is -1.51. The molecule has 0 aliphatic heterocycles. The molecule has 0 radical (unpaired) electrons. The third kappa shape index (κ3) is 4.27. The lowest BCUT2D eigenvalue weighted by Gasteiger charge is -2.36. The van der Waals surface area contributed by atoms with Crippen molar-refractivity contribution in [2.45, 2.75) is 50.0 Å². The summed E-state index contributed by atoms with van der Waals surface area (Å²) in [4.78, 5) is 37.1. The average molecular weight is 463 g/mol. The Hall–Kier alpha value is -3.35. The molecule has 0 aromatic heterocycles. The van der Waals surface area contributed by atoms with E-state index in [0.29, 0.717) is 25.8 Å². The molecular formula is C27H30N2O5. The quantitative estimate of drug-likeness (QED) is 0.576. The minimum absolute atomic E-state index is 0.0310. The molecule has 34 heavy (non-hydrogen) atoms. The highest BCUT2D eigenvalue weighted by Gasteiger charge is 2.46. The number of alkyl carbamates (subject to hydrolysis) is 1. The van der Waals surface area contributed by atoms with Crippen molar-refractivity contribution in [1.29, 1.82) is 0 Å². The van der Waals surface area contributed by atoms with Crippen molar-refractivity contribution in [2.24, 2.45) is 11.8 Å². The van der Waals surface area contributed by atoms with E-state index in [4.69, 9.17) is 9.84 Å².